The fourth-order valence-electron chi connectivity index (χ4n) is 2.48. The molecule has 1 heterocycles. The molecule has 20 heavy (non-hydrogen) atoms. The van der Waals surface area contributed by atoms with Crippen LogP contribution in [0.4, 0.5) is 4.39 Å². The number of fused-ring (bicyclic) bond motifs is 1. The highest BCUT2D eigenvalue weighted by Crippen LogP contribution is 2.28. The van der Waals surface area contributed by atoms with E-state index in [1.807, 2.05) is 0 Å². The van der Waals surface area contributed by atoms with Crippen molar-refractivity contribution in [2.45, 2.75) is 25.7 Å². The van der Waals surface area contributed by atoms with Crippen LogP contribution in [0.3, 0.4) is 0 Å². The Morgan fingerprint density at radius 2 is 2.05 bits per heavy atom. The zero-order chi connectivity index (χ0) is 14.3. The summed E-state index contributed by atoms with van der Waals surface area (Å²) in [5.74, 6) is -0.979. The third kappa shape index (κ3) is 2.08. The topological polar surface area (TPSA) is 55.1 Å². The molecule has 0 fully saturated rings. The van der Waals surface area contributed by atoms with E-state index in [1.54, 1.807) is 6.20 Å². The van der Waals surface area contributed by atoms with E-state index in [0.717, 1.165) is 41.6 Å². The number of hydrogen-bond donors (Lipinski definition) is 1. The van der Waals surface area contributed by atoms with Gasteiger partial charge < -0.3 is 5.11 Å². The molecule has 0 bridgehead atoms. The molecule has 3 rings (SSSR count). The van der Waals surface area contributed by atoms with Crippen molar-refractivity contribution >= 4 is 11.6 Å². The van der Waals surface area contributed by atoms with Crippen LogP contribution in [0.2, 0.25) is 5.02 Å². The van der Waals surface area contributed by atoms with E-state index in [0.29, 0.717) is 12.0 Å². The third-order valence-electron chi connectivity index (χ3n) is 3.53. The number of phenolic OH excluding ortho intramolecular Hbond substituents is 1. The molecule has 1 aliphatic rings. The first-order chi connectivity index (χ1) is 9.58. The minimum Gasteiger partial charge on any atom is -0.506 e. The Balaban J connectivity index is 2.21. The molecule has 1 aromatic carbocycles. The van der Waals surface area contributed by atoms with Gasteiger partial charge in [-0.05, 0) is 37.3 Å². The molecule has 2 aromatic rings. The van der Waals surface area contributed by atoms with Gasteiger partial charge in [0.1, 0.15) is 11.4 Å². The third-order valence-corrected chi connectivity index (χ3v) is 3.84. The van der Waals surface area contributed by atoms with Crippen LogP contribution in [0, 0.1) is 5.82 Å². The lowest BCUT2D eigenvalue weighted by Gasteiger charge is -2.16. The molecule has 0 saturated heterocycles. The highest BCUT2D eigenvalue weighted by atomic mass is 35.5. The largest absolute Gasteiger partial charge is 0.506 e. The van der Waals surface area contributed by atoms with Crippen LogP contribution in [0.5, 0.6) is 5.75 Å². The number of benzene rings is 1. The molecular formula is C14H12ClFN2O2. The van der Waals surface area contributed by atoms with Crippen molar-refractivity contribution in [1.29, 1.82) is 0 Å². The lowest BCUT2D eigenvalue weighted by atomic mass is 9.94. The summed E-state index contributed by atoms with van der Waals surface area (Å²) in [6, 6.07) is 2.08. The van der Waals surface area contributed by atoms with E-state index in [2.05, 4.69) is 5.10 Å². The summed E-state index contributed by atoms with van der Waals surface area (Å²) in [4.78, 5) is 12.4. The van der Waals surface area contributed by atoms with Gasteiger partial charge >= 0.3 is 0 Å². The summed E-state index contributed by atoms with van der Waals surface area (Å²) in [6.45, 7) is 0. The number of nitrogens with zero attached hydrogens (tertiary/aromatic N) is 2. The Morgan fingerprint density at radius 1 is 1.30 bits per heavy atom. The van der Waals surface area contributed by atoms with Gasteiger partial charge in [0.25, 0.3) is 5.56 Å². The molecule has 1 aromatic heterocycles. The summed E-state index contributed by atoms with van der Waals surface area (Å²) < 4.78 is 14.9. The van der Waals surface area contributed by atoms with Gasteiger partial charge in [-0.15, -0.1) is 0 Å². The van der Waals surface area contributed by atoms with Gasteiger partial charge in [-0.25, -0.2) is 4.39 Å². The molecule has 0 saturated carbocycles. The molecule has 0 aliphatic heterocycles. The van der Waals surface area contributed by atoms with Crippen molar-refractivity contribution < 1.29 is 9.50 Å². The van der Waals surface area contributed by atoms with Crippen molar-refractivity contribution in [2.75, 3.05) is 0 Å². The fraction of sp³-hybridized carbons (Fsp3) is 0.286. The molecule has 0 unspecified atom stereocenters. The number of rotatable bonds is 1. The molecule has 0 amide bonds. The van der Waals surface area contributed by atoms with Crippen LogP contribution in [0.25, 0.3) is 5.69 Å². The van der Waals surface area contributed by atoms with Crippen LogP contribution in [-0.4, -0.2) is 14.9 Å². The predicted octanol–water partition coefficient (Wildman–Crippen LogP) is 2.61. The molecule has 0 radical (unpaired) electrons. The minimum absolute atomic E-state index is 0.0923. The van der Waals surface area contributed by atoms with Crippen molar-refractivity contribution in [3.63, 3.8) is 0 Å². The average Bonchev–Trinajstić information content (AvgIpc) is 2.44. The number of aryl methyl sites for hydroxylation is 1. The van der Waals surface area contributed by atoms with Gasteiger partial charge in [0.05, 0.1) is 11.2 Å². The summed E-state index contributed by atoms with van der Waals surface area (Å²) in [5.41, 5.74) is 1.18. The number of aromatic hydroxyl groups is 1. The normalized spacial score (nSPS) is 14.1. The Labute approximate surface area is 119 Å². The maximum absolute atomic E-state index is 13.9. The maximum atomic E-state index is 13.9. The maximum Gasteiger partial charge on any atom is 0.275 e. The first-order valence-corrected chi connectivity index (χ1v) is 6.74. The van der Waals surface area contributed by atoms with Crippen LogP contribution in [0.1, 0.15) is 24.0 Å². The second-order valence-corrected chi connectivity index (χ2v) is 5.23. The summed E-state index contributed by atoms with van der Waals surface area (Å²) in [6.07, 6.45) is 5.08. The number of phenols is 1. The predicted molar refractivity (Wildman–Crippen MR) is 73.1 cm³/mol. The Kier molecular flexibility index (Phi) is 3.22. The van der Waals surface area contributed by atoms with Gasteiger partial charge in [0.15, 0.2) is 5.82 Å². The lowest BCUT2D eigenvalue weighted by molar-refractivity contribution is 0.472. The average molecular weight is 295 g/mol. The molecule has 6 heteroatoms. The molecule has 1 N–H and O–H groups in total. The zero-order valence-corrected chi connectivity index (χ0v) is 11.3. The summed E-state index contributed by atoms with van der Waals surface area (Å²) in [7, 11) is 0. The van der Waals surface area contributed by atoms with E-state index >= 15 is 0 Å². The smallest absolute Gasteiger partial charge is 0.275 e. The van der Waals surface area contributed by atoms with Crippen molar-refractivity contribution in [1.82, 2.24) is 9.78 Å². The Hall–Kier alpha value is -1.88. The summed E-state index contributed by atoms with van der Waals surface area (Å²) in [5, 5.41) is 13.5. The van der Waals surface area contributed by atoms with E-state index in [4.69, 9.17) is 11.6 Å². The standard InChI is InChI=1S/C14H12ClFN2O2/c15-10-5-11(16)12(6-13(10)19)18-14(20)9-4-2-1-3-8(9)7-17-18/h5-7,19H,1-4H2. The molecule has 4 nitrogen and oxygen atoms in total. The van der Waals surface area contributed by atoms with Gasteiger partial charge in [-0.2, -0.15) is 9.78 Å². The molecular weight excluding hydrogens is 283 g/mol. The second-order valence-electron chi connectivity index (χ2n) is 4.83. The van der Waals surface area contributed by atoms with Gasteiger partial charge in [-0.3, -0.25) is 4.79 Å². The van der Waals surface area contributed by atoms with Crippen molar-refractivity contribution in [2.24, 2.45) is 0 Å². The minimum atomic E-state index is -0.696. The lowest BCUT2D eigenvalue weighted by Crippen LogP contribution is -2.28. The van der Waals surface area contributed by atoms with Crippen LogP contribution >= 0.6 is 11.6 Å². The monoisotopic (exact) mass is 294 g/mol. The molecule has 104 valence electrons. The Bertz CT molecular complexity index is 743. The first kappa shape index (κ1) is 13.1. The van der Waals surface area contributed by atoms with E-state index in [9.17, 15) is 14.3 Å². The zero-order valence-electron chi connectivity index (χ0n) is 10.6. The van der Waals surface area contributed by atoms with E-state index in [-0.39, 0.29) is 22.0 Å². The van der Waals surface area contributed by atoms with Gasteiger partial charge in [0.2, 0.25) is 0 Å². The molecule has 0 spiro atoms. The van der Waals surface area contributed by atoms with Crippen molar-refractivity contribution in [3.05, 3.63) is 50.7 Å². The highest BCUT2D eigenvalue weighted by Gasteiger charge is 2.18. The number of aromatic nitrogens is 2. The van der Waals surface area contributed by atoms with E-state index in [1.165, 1.54) is 0 Å². The fourth-order valence-corrected chi connectivity index (χ4v) is 2.63. The SMILES string of the molecule is O=c1c2c(cnn1-c1cc(O)c(Cl)cc1F)CCCC2. The second kappa shape index (κ2) is 4.90. The van der Waals surface area contributed by atoms with Crippen LogP contribution in [-0.2, 0) is 12.8 Å². The van der Waals surface area contributed by atoms with Crippen molar-refractivity contribution in [3.8, 4) is 11.4 Å². The van der Waals surface area contributed by atoms with E-state index < -0.39 is 5.82 Å². The first-order valence-electron chi connectivity index (χ1n) is 6.36. The quantitative estimate of drug-likeness (QED) is 0.879. The van der Waals surface area contributed by atoms with Crippen LogP contribution in [0.15, 0.2) is 23.1 Å². The number of hydrogen-bond acceptors (Lipinski definition) is 3. The molecule has 1 aliphatic carbocycles. The molecule has 0 atom stereocenters. The van der Waals surface area contributed by atoms with Crippen LogP contribution < -0.4 is 5.56 Å². The number of halogens is 2. The highest BCUT2D eigenvalue weighted by molar-refractivity contribution is 6.32. The summed E-state index contributed by atoms with van der Waals surface area (Å²) >= 11 is 5.63. The van der Waals surface area contributed by atoms with Gasteiger partial charge in [-0.1, -0.05) is 11.6 Å². The Morgan fingerprint density at radius 3 is 2.85 bits per heavy atom. The van der Waals surface area contributed by atoms with Gasteiger partial charge in [0, 0.05) is 11.6 Å².